The maximum absolute atomic E-state index is 11.0. The average molecular weight is 151 g/mol. The van der Waals surface area contributed by atoms with Crippen molar-refractivity contribution in [1.29, 1.82) is 0 Å². The van der Waals surface area contributed by atoms with E-state index in [-0.39, 0.29) is 17.9 Å². The quantitative estimate of drug-likeness (QED) is 0.429. The van der Waals surface area contributed by atoms with Gasteiger partial charge in [-0.3, -0.25) is 10.1 Å². The summed E-state index contributed by atoms with van der Waals surface area (Å²) in [7, 11) is 0. The van der Waals surface area contributed by atoms with Crippen LogP contribution in [0.25, 0.3) is 0 Å². The highest BCUT2D eigenvalue weighted by molar-refractivity contribution is 6.48. The van der Waals surface area contributed by atoms with Gasteiger partial charge in [0.2, 0.25) is 0 Å². The molecule has 0 radical (unpaired) electrons. The molecule has 1 atom stereocenters. The van der Waals surface area contributed by atoms with Crippen LogP contribution in [0.5, 0.6) is 0 Å². The van der Waals surface area contributed by atoms with Crippen molar-refractivity contribution < 1.29 is 4.79 Å². The number of carbonyl (C=O) groups is 1. The van der Waals surface area contributed by atoms with Crippen LogP contribution in [-0.4, -0.2) is 29.8 Å². The number of carbonyl (C=O) groups excluding carboxylic acids is 1. The summed E-state index contributed by atoms with van der Waals surface area (Å²) in [6.45, 7) is 0. The molecule has 2 aliphatic heterocycles. The molecule has 6 nitrogen and oxygen atoms in total. The predicted octanol–water partition coefficient (Wildman–Crippen LogP) is -1.76. The second-order valence-corrected chi connectivity index (χ2v) is 2.16. The number of nitrogens with one attached hydrogen (secondary N) is 1. The molecule has 0 aromatic rings. The molecule has 56 valence electrons. The van der Waals surface area contributed by atoms with E-state index in [0.717, 1.165) is 0 Å². The molecule has 11 heavy (non-hydrogen) atoms. The summed E-state index contributed by atoms with van der Waals surface area (Å²) in [6, 6.07) is -0.372. The first kappa shape index (κ1) is 6.02. The third-order valence-electron chi connectivity index (χ3n) is 1.41. The molecule has 6 heteroatoms. The highest BCUT2D eigenvalue weighted by atomic mass is 16.2. The largest absolute Gasteiger partial charge is 0.370 e. The summed E-state index contributed by atoms with van der Waals surface area (Å²) in [5.74, 6) is -0.202. The first-order chi connectivity index (χ1) is 5.27. The van der Waals surface area contributed by atoms with Gasteiger partial charge in [-0.15, -0.1) is 5.10 Å². The normalized spacial score (nSPS) is 27.3. The molecule has 0 bridgehead atoms. The minimum atomic E-state index is -0.372. The van der Waals surface area contributed by atoms with Gasteiger partial charge in [0.1, 0.15) is 6.04 Å². The zero-order valence-electron chi connectivity index (χ0n) is 5.48. The second-order valence-electron chi connectivity index (χ2n) is 2.16. The molecule has 0 fully saturated rings. The molecule has 1 amide bonds. The molecule has 0 saturated heterocycles. The van der Waals surface area contributed by atoms with Gasteiger partial charge in [-0.1, -0.05) is 0 Å². The van der Waals surface area contributed by atoms with Gasteiger partial charge < -0.3 is 5.73 Å². The molecule has 2 heterocycles. The maximum Gasteiger partial charge on any atom is 0.276 e. The summed E-state index contributed by atoms with van der Waals surface area (Å²) >= 11 is 0. The highest BCUT2D eigenvalue weighted by Crippen LogP contribution is 2.04. The third-order valence-corrected chi connectivity index (χ3v) is 1.41. The fourth-order valence-electron chi connectivity index (χ4n) is 0.925. The van der Waals surface area contributed by atoms with E-state index in [4.69, 9.17) is 5.73 Å². The number of nitrogens with zero attached hydrogens (tertiary/aromatic N) is 3. The van der Waals surface area contributed by atoms with E-state index < -0.39 is 0 Å². The molecule has 1 unspecified atom stereocenters. The van der Waals surface area contributed by atoms with Crippen LogP contribution >= 0.6 is 0 Å². The number of nitrogens with two attached hydrogens (primary N) is 1. The lowest BCUT2D eigenvalue weighted by atomic mass is 10.2. The van der Waals surface area contributed by atoms with Gasteiger partial charge in [0.15, 0.2) is 11.7 Å². The summed E-state index contributed by atoms with van der Waals surface area (Å²) in [4.78, 5) is 14.9. The fourth-order valence-corrected chi connectivity index (χ4v) is 0.925. The molecule has 0 aromatic heterocycles. The Hall–Kier alpha value is -1.72. The molecule has 0 spiro atoms. The number of guanidine groups is 1. The third kappa shape index (κ3) is 0.794. The van der Waals surface area contributed by atoms with E-state index in [9.17, 15) is 4.79 Å². The molecular formula is C5H5N5O. The van der Waals surface area contributed by atoms with Crippen molar-refractivity contribution in [3.8, 4) is 0 Å². The minimum Gasteiger partial charge on any atom is -0.370 e. The Balaban J connectivity index is 2.42. The van der Waals surface area contributed by atoms with E-state index in [1.807, 2.05) is 0 Å². The molecule has 2 aliphatic rings. The van der Waals surface area contributed by atoms with Crippen molar-refractivity contribution in [2.24, 2.45) is 20.9 Å². The lowest BCUT2D eigenvalue weighted by molar-refractivity contribution is -0.113. The Labute approximate surface area is 61.9 Å². The summed E-state index contributed by atoms with van der Waals surface area (Å²) in [5.41, 5.74) is 5.59. The Morgan fingerprint density at radius 1 is 1.64 bits per heavy atom. The first-order valence-corrected chi connectivity index (χ1v) is 3.03. The zero-order chi connectivity index (χ0) is 7.84. The van der Waals surface area contributed by atoms with Crippen molar-refractivity contribution in [3.63, 3.8) is 0 Å². The smallest absolute Gasteiger partial charge is 0.276 e. The summed E-state index contributed by atoms with van der Waals surface area (Å²) < 4.78 is 0. The minimum absolute atomic E-state index is 0.118. The standard InChI is InChI=1S/C5H5N5O/c6-5-8-2-1-7-10-3(2)4(11)9-5/h1-2H,(H3,6,8,9,11). The van der Waals surface area contributed by atoms with Crippen LogP contribution in [0.1, 0.15) is 0 Å². The fraction of sp³-hybridized carbons (Fsp3) is 0.200. The molecule has 0 saturated carbocycles. The molecule has 0 aliphatic carbocycles. The SMILES string of the molecule is NC1=NC2C=NN=C2C(=O)N1. The van der Waals surface area contributed by atoms with Crippen LogP contribution < -0.4 is 11.1 Å². The number of rotatable bonds is 0. The van der Waals surface area contributed by atoms with Crippen LogP contribution in [0, 0.1) is 0 Å². The Morgan fingerprint density at radius 2 is 2.45 bits per heavy atom. The molecular weight excluding hydrogens is 146 g/mol. The van der Waals surface area contributed by atoms with E-state index >= 15 is 0 Å². The van der Waals surface area contributed by atoms with Crippen molar-refractivity contribution in [1.82, 2.24) is 5.32 Å². The molecule has 0 aromatic carbocycles. The van der Waals surface area contributed by atoms with Crippen molar-refractivity contribution in [2.75, 3.05) is 0 Å². The number of amides is 1. The number of hydrogen-bond acceptors (Lipinski definition) is 5. The topological polar surface area (TPSA) is 92.2 Å². The summed E-state index contributed by atoms with van der Waals surface area (Å²) in [5, 5.41) is 9.47. The van der Waals surface area contributed by atoms with Gasteiger partial charge in [0.05, 0.1) is 6.21 Å². The van der Waals surface area contributed by atoms with Crippen LogP contribution in [-0.2, 0) is 4.79 Å². The average Bonchev–Trinajstić information content (AvgIpc) is 2.34. The highest BCUT2D eigenvalue weighted by Gasteiger charge is 2.29. The molecule has 3 N–H and O–H groups in total. The van der Waals surface area contributed by atoms with E-state index in [1.54, 1.807) is 0 Å². The van der Waals surface area contributed by atoms with Gasteiger partial charge in [0.25, 0.3) is 5.91 Å². The van der Waals surface area contributed by atoms with Crippen molar-refractivity contribution in [2.45, 2.75) is 6.04 Å². The lowest BCUT2D eigenvalue weighted by Gasteiger charge is -2.13. The van der Waals surface area contributed by atoms with E-state index in [2.05, 4.69) is 20.5 Å². The zero-order valence-corrected chi connectivity index (χ0v) is 5.48. The number of aliphatic imine (C=N–C) groups is 1. The van der Waals surface area contributed by atoms with E-state index in [0.29, 0.717) is 5.71 Å². The Morgan fingerprint density at radius 3 is 3.27 bits per heavy atom. The van der Waals surface area contributed by atoms with Crippen molar-refractivity contribution in [3.05, 3.63) is 0 Å². The monoisotopic (exact) mass is 151 g/mol. The molecule has 2 rings (SSSR count). The van der Waals surface area contributed by atoms with Gasteiger partial charge in [-0.05, 0) is 0 Å². The van der Waals surface area contributed by atoms with Crippen LogP contribution in [0.3, 0.4) is 0 Å². The van der Waals surface area contributed by atoms with Crippen molar-refractivity contribution >= 4 is 23.8 Å². The predicted molar refractivity (Wildman–Crippen MR) is 39.5 cm³/mol. The number of fused-ring (bicyclic) bond motifs is 1. The second kappa shape index (κ2) is 1.88. The van der Waals surface area contributed by atoms with Gasteiger partial charge in [-0.25, -0.2) is 4.99 Å². The van der Waals surface area contributed by atoms with Crippen LogP contribution in [0.15, 0.2) is 15.2 Å². The van der Waals surface area contributed by atoms with Gasteiger partial charge in [0, 0.05) is 0 Å². The van der Waals surface area contributed by atoms with Crippen LogP contribution in [0.4, 0.5) is 0 Å². The van der Waals surface area contributed by atoms with Crippen LogP contribution in [0.2, 0.25) is 0 Å². The maximum atomic E-state index is 11.0. The van der Waals surface area contributed by atoms with E-state index in [1.165, 1.54) is 6.21 Å². The van der Waals surface area contributed by atoms with Gasteiger partial charge in [-0.2, -0.15) is 5.10 Å². The number of hydrogen-bond donors (Lipinski definition) is 2. The Bertz CT molecular complexity index is 302. The lowest BCUT2D eigenvalue weighted by Crippen LogP contribution is -2.49. The Kier molecular flexibility index (Phi) is 1.03. The summed E-state index contributed by atoms with van der Waals surface area (Å²) in [6.07, 6.45) is 1.47. The first-order valence-electron chi connectivity index (χ1n) is 3.03. The van der Waals surface area contributed by atoms with Gasteiger partial charge >= 0.3 is 0 Å².